The molecule has 0 saturated heterocycles. The van der Waals surface area contributed by atoms with Gasteiger partial charge in [-0.05, 0) is 32.9 Å². The third-order valence-electron chi connectivity index (χ3n) is 3.24. The second kappa shape index (κ2) is 6.47. The number of carbonyl (C=O) groups is 2. The summed E-state index contributed by atoms with van der Waals surface area (Å²) in [6.07, 6.45) is 0. The molecule has 2 aromatic rings. The van der Waals surface area contributed by atoms with E-state index >= 15 is 0 Å². The van der Waals surface area contributed by atoms with Crippen LogP contribution < -0.4 is 4.43 Å². The van der Waals surface area contributed by atoms with Gasteiger partial charge in [-0.2, -0.15) is 0 Å². The van der Waals surface area contributed by atoms with Crippen molar-refractivity contribution in [1.29, 1.82) is 0 Å². The minimum atomic E-state index is -0.895. The summed E-state index contributed by atoms with van der Waals surface area (Å²) in [7, 11) is 0. The third kappa shape index (κ3) is 2.87. The zero-order valence-electron chi connectivity index (χ0n) is 13.0. The molecule has 1 aromatic carbocycles. The summed E-state index contributed by atoms with van der Waals surface area (Å²) in [4.78, 5) is 36.1. The summed E-state index contributed by atoms with van der Waals surface area (Å²) in [5.74, 6) is -1.52. The number of aromatic nitrogens is 2. The molecule has 23 heavy (non-hydrogen) atoms. The predicted octanol–water partition coefficient (Wildman–Crippen LogP) is 1.56. The van der Waals surface area contributed by atoms with Gasteiger partial charge in [0.1, 0.15) is 5.52 Å². The number of hydrogen-bond acceptors (Lipinski definition) is 6. The maximum absolute atomic E-state index is 12.5. The highest BCUT2D eigenvalue weighted by molar-refractivity contribution is 5.94. The number of rotatable bonds is 4. The van der Waals surface area contributed by atoms with Crippen molar-refractivity contribution in [2.75, 3.05) is 13.2 Å². The maximum Gasteiger partial charge on any atom is 0.410 e. The normalized spacial score (nSPS) is 10.6. The van der Waals surface area contributed by atoms with Crippen LogP contribution in [0.5, 0.6) is 0 Å². The number of carbonyl (C=O) groups excluding carboxylic acids is 2. The smallest absolute Gasteiger partial charge is 0.410 e. The second-order valence-corrected chi connectivity index (χ2v) is 4.67. The highest BCUT2D eigenvalue weighted by Crippen LogP contribution is 2.17. The van der Waals surface area contributed by atoms with E-state index in [1.54, 1.807) is 13.8 Å². The van der Waals surface area contributed by atoms with Crippen molar-refractivity contribution in [2.45, 2.75) is 20.8 Å². The van der Waals surface area contributed by atoms with Crippen molar-refractivity contribution in [3.63, 3.8) is 0 Å². The molecule has 0 N–H and O–H groups in total. The SMILES string of the molecule is CCOC(=O)c1ccc2c(c1)[n+](=O)c(C(=O)OCC)c(C)n2[O-]. The second-order valence-electron chi connectivity index (χ2n) is 4.67. The standard InChI is InChI=1S/C15H16N2O6/c1-4-22-14(18)10-6-7-11-12(8-10)17(21)13(9(3)16(11)20)15(19)23-5-2/h6-8H,4-5H2,1-3H3. The van der Waals surface area contributed by atoms with Crippen molar-refractivity contribution in [2.24, 2.45) is 0 Å². The van der Waals surface area contributed by atoms with E-state index in [-0.39, 0.29) is 35.5 Å². The van der Waals surface area contributed by atoms with Crippen LogP contribution in [-0.4, -0.2) is 29.9 Å². The quantitative estimate of drug-likeness (QED) is 0.625. The van der Waals surface area contributed by atoms with Crippen LogP contribution in [0.1, 0.15) is 40.4 Å². The Labute approximate surface area is 131 Å². The zero-order chi connectivity index (χ0) is 17.1. The Kier molecular flexibility index (Phi) is 4.63. The Morgan fingerprint density at radius 2 is 1.78 bits per heavy atom. The van der Waals surface area contributed by atoms with Crippen LogP contribution >= 0.6 is 0 Å². The molecule has 0 saturated carbocycles. The number of nitrogens with zero attached hydrogens (tertiary/aromatic N) is 2. The van der Waals surface area contributed by atoms with E-state index in [4.69, 9.17) is 9.47 Å². The van der Waals surface area contributed by atoms with Crippen molar-refractivity contribution in [1.82, 2.24) is 4.73 Å². The topological polar surface area (TPSA) is 104 Å². The maximum atomic E-state index is 12.5. The molecule has 122 valence electrons. The Hall–Kier alpha value is -2.90. The first-order valence-corrected chi connectivity index (χ1v) is 7.06. The summed E-state index contributed by atoms with van der Waals surface area (Å²) in [6, 6.07) is 3.94. The lowest BCUT2D eigenvalue weighted by Gasteiger charge is -2.16. The summed E-state index contributed by atoms with van der Waals surface area (Å²) in [5, 5.41) is 12.3. The Morgan fingerprint density at radius 1 is 1.17 bits per heavy atom. The minimum absolute atomic E-state index is 0.0404. The third-order valence-corrected chi connectivity index (χ3v) is 3.24. The van der Waals surface area contributed by atoms with Gasteiger partial charge in [-0.1, -0.05) is 0 Å². The van der Waals surface area contributed by atoms with Crippen LogP contribution in [0.25, 0.3) is 11.0 Å². The molecular formula is C15H16N2O6. The molecule has 1 heterocycles. The van der Waals surface area contributed by atoms with E-state index in [0.29, 0.717) is 9.16 Å². The molecule has 0 fully saturated rings. The molecule has 0 atom stereocenters. The number of benzene rings is 1. The molecule has 1 aromatic heterocycles. The van der Waals surface area contributed by atoms with Crippen LogP contribution in [0.2, 0.25) is 0 Å². The molecule has 0 spiro atoms. The number of fused-ring (bicyclic) bond motifs is 1. The minimum Gasteiger partial charge on any atom is -0.805 e. The van der Waals surface area contributed by atoms with Gasteiger partial charge in [-0.25, -0.2) is 9.59 Å². The van der Waals surface area contributed by atoms with Crippen LogP contribution in [0.15, 0.2) is 18.2 Å². The molecule has 0 aliphatic carbocycles. The summed E-state index contributed by atoms with van der Waals surface area (Å²) >= 11 is 0. The van der Waals surface area contributed by atoms with Gasteiger partial charge in [-0.3, -0.25) is 0 Å². The van der Waals surface area contributed by atoms with Crippen molar-refractivity contribution < 1.29 is 23.5 Å². The fraction of sp³-hybridized carbons (Fsp3) is 0.333. The molecular weight excluding hydrogens is 304 g/mol. The lowest BCUT2D eigenvalue weighted by molar-refractivity contribution is -0.469. The predicted molar refractivity (Wildman–Crippen MR) is 80.7 cm³/mol. The Bertz CT molecular complexity index is 840. The zero-order valence-corrected chi connectivity index (χ0v) is 13.0. The molecule has 0 amide bonds. The van der Waals surface area contributed by atoms with Gasteiger partial charge in [0, 0.05) is 11.0 Å². The monoisotopic (exact) mass is 320 g/mol. The summed E-state index contributed by atoms with van der Waals surface area (Å²) in [5.41, 5.74) is -0.439. The molecule has 0 bridgehead atoms. The van der Waals surface area contributed by atoms with E-state index in [9.17, 15) is 19.7 Å². The van der Waals surface area contributed by atoms with Gasteiger partial charge in [0.15, 0.2) is 0 Å². The van der Waals surface area contributed by atoms with Gasteiger partial charge < -0.3 is 19.4 Å². The molecule has 0 aliphatic rings. The van der Waals surface area contributed by atoms with Crippen molar-refractivity contribution in [3.8, 4) is 0 Å². The lowest BCUT2D eigenvalue weighted by Crippen LogP contribution is -2.31. The van der Waals surface area contributed by atoms with E-state index in [0.717, 1.165) is 0 Å². The number of esters is 2. The summed E-state index contributed by atoms with van der Waals surface area (Å²) in [6.45, 7) is 4.84. The van der Waals surface area contributed by atoms with E-state index in [2.05, 4.69) is 0 Å². The first-order chi connectivity index (χ1) is 10.9. The van der Waals surface area contributed by atoms with E-state index < -0.39 is 17.6 Å². The van der Waals surface area contributed by atoms with Crippen molar-refractivity contribution in [3.05, 3.63) is 45.3 Å². The van der Waals surface area contributed by atoms with Gasteiger partial charge in [-0.15, -0.1) is 0 Å². The summed E-state index contributed by atoms with van der Waals surface area (Å²) < 4.78 is 10.4. The Morgan fingerprint density at radius 3 is 2.39 bits per heavy atom. The van der Waals surface area contributed by atoms with Gasteiger partial charge in [0.25, 0.3) is 5.52 Å². The van der Waals surface area contributed by atoms with Gasteiger partial charge in [0.05, 0.1) is 28.9 Å². The van der Waals surface area contributed by atoms with Crippen LogP contribution in [0, 0.1) is 17.0 Å². The van der Waals surface area contributed by atoms with Gasteiger partial charge in [0.2, 0.25) is 0 Å². The highest BCUT2D eigenvalue weighted by atomic mass is 16.5. The first kappa shape index (κ1) is 16.5. The number of hydrogen-bond donors (Lipinski definition) is 0. The van der Waals surface area contributed by atoms with Crippen LogP contribution in [-0.2, 0) is 9.47 Å². The Balaban J connectivity index is 2.74. The fourth-order valence-corrected chi connectivity index (χ4v) is 2.17. The fourth-order valence-electron chi connectivity index (χ4n) is 2.17. The molecule has 0 aliphatic heterocycles. The molecule has 8 nitrogen and oxygen atoms in total. The van der Waals surface area contributed by atoms with Crippen LogP contribution in [0.4, 0.5) is 0 Å². The van der Waals surface area contributed by atoms with Crippen LogP contribution in [0.3, 0.4) is 0 Å². The molecule has 8 heteroatoms. The molecule has 0 unspecified atom stereocenters. The lowest BCUT2D eigenvalue weighted by atomic mass is 10.1. The number of ether oxygens (including phenoxy) is 2. The van der Waals surface area contributed by atoms with Crippen molar-refractivity contribution >= 4 is 23.0 Å². The first-order valence-electron chi connectivity index (χ1n) is 7.06. The largest absolute Gasteiger partial charge is 0.805 e. The van der Waals surface area contributed by atoms with E-state index in [1.807, 2.05) is 0 Å². The van der Waals surface area contributed by atoms with Gasteiger partial charge >= 0.3 is 17.6 Å². The average molecular weight is 320 g/mol. The highest BCUT2D eigenvalue weighted by Gasteiger charge is 2.28. The molecule has 0 radical (unpaired) electrons. The average Bonchev–Trinajstić information content (AvgIpc) is 2.53. The van der Waals surface area contributed by atoms with E-state index in [1.165, 1.54) is 25.1 Å². The molecule has 2 rings (SSSR count).